The van der Waals surface area contributed by atoms with Gasteiger partial charge in [-0.25, -0.2) is 0 Å². The van der Waals surface area contributed by atoms with Gasteiger partial charge in [-0.05, 0) is 65.6 Å². The zero-order chi connectivity index (χ0) is 31.2. The maximum Gasteiger partial charge on any atom is 0.0636 e. The lowest BCUT2D eigenvalue weighted by molar-refractivity contribution is 0.440. The molecule has 0 spiro atoms. The maximum atomic E-state index is 3.82. The monoisotopic (exact) mass is 605 g/mol. The van der Waals surface area contributed by atoms with Gasteiger partial charge >= 0.3 is 0 Å². The second-order valence-electron chi connectivity index (χ2n) is 12.8. The molecule has 0 amide bonds. The topological polar surface area (TPSA) is 20.0 Å². The van der Waals surface area contributed by atoms with Crippen LogP contribution in [0.25, 0.3) is 38.6 Å². The Bertz CT molecular complexity index is 2260. The van der Waals surface area contributed by atoms with Gasteiger partial charge in [0.15, 0.2) is 0 Å². The van der Waals surface area contributed by atoms with Crippen LogP contribution in [0, 0.1) is 0 Å². The number of allylic oxidation sites excluding steroid dienone is 2. The fourth-order valence-corrected chi connectivity index (χ4v) is 7.60. The van der Waals surface area contributed by atoms with Crippen molar-refractivity contribution in [2.75, 3.05) is 5.32 Å². The molecule has 9 rings (SSSR count). The molecule has 1 aliphatic heterocycles. The lowest BCUT2D eigenvalue weighted by Crippen LogP contribution is -2.20. The lowest BCUT2D eigenvalue weighted by atomic mass is 9.92. The molecule has 0 saturated carbocycles. The zero-order valence-electron chi connectivity index (χ0n) is 26.1. The highest BCUT2D eigenvalue weighted by atomic mass is 15.4. The minimum absolute atomic E-state index is 0.0736. The Morgan fingerprint density at radius 1 is 0.596 bits per heavy atom. The number of nitrogens with one attached hydrogen (secondary N) is 1. The van der Waals surface area contributed by atoms with Crippen molar-refractivity contribution in [2.45, 2.75) is 24.5 Å². The number of hydrogen-bond donors (Lipinski definition) is 1. The number of benzene rings is 6. The van der Waals surface area contributed by atoms with E-state index in [1.807, 2.05) is 0 Å². The third-order valence-corrected chi connectivity index (χ3v) is 9.93. The molecule has 0 bridgehead atoms. The van der Waals surface area contributed by atoms with Crippen molar-refractivity contribution in [1.82, 2.24) is 9.47 Å². The largest absolute Gasteiger partial charge is 0.355 e. The fraction of sp³-hybridized carbons (Fsp3) is 0.0909. The summed E-state index contributed by atoms with van der Waals surface area (Å²) in [5.41, 5.74) is 10.9. The number of nitrogens with zero attached hydrogens (tertiary/aromatic N) is 2. The number of para-hydroxylation sites is 2. The van der Waals surface area contributed by atoms with E-state index >= 15 is 0 Å². The first-order valence-electron chi connectivity index (χ1n) is 16.5. The van der Waals surface area contributed by atoms with Crippen molar-refractivity contribution in [2.24, 2.45) is 0 Å². The summed E-state index contributed by atoms with van der Waals surface area (Å²) >= 11 is 0. The van der Waals surface area contributed by atoms with Crippen LogP contribution in [0.15, 0.2) is 176 Å². The Morgan fingerprint density at radius 2 is 1.30 bits per heavy atom. The van der Waals surface area contributed by atoms with E-state index in [0.717, 1.165) is 30.0 Å². The van der Waals surface area contributed by atoms with Crippen molar-refractivity contribution in [3.05, 3.63) is 187 Å². The summed E-state index contributed by atoms with van der Waals surface area (Å²) in [7, 11) is 0. The zero-order valence-corrected chi connectivity index (χ0v) is 26.1. The molecule has 47 heavy (non-hydrogen) atoms. The minimum Gasteiger partial charge on any atom is -0.355 e. The summed E-state index contributed by atoms with van der Waals surface area (Å²) in [6.45, 7) is 0.921. The molecule has 1 N–H and O–H groups in total. The maximum absolute atomic E-state index is 3.82. The molecule has 7 aromatic rings. The van der Waals surface area contributed by atoms with E-state index in [1.54, 1.807) is 0 Å². The standard InChI is InChI=1S/C44H35N3/c1-4-14-32(15-5-1)30-44-27-13-12-22-43(44)46(44)31-33-23-25-35(26-24-33)45-40-29-42-39(28-38(40)34-16-6-2-7-17-34)37-20-10-11-21-41(37)47(42)36-18-8-3-9-19-36/h1-29,43,45H,30-31H2. The van der Waals surface area contributed by atoms with Gasteiger partial charge < -0.3 is 9.88 Å². The van der Waals surface area contributed by atoms with Crippen molar-refractivity contribution in [3.8, 4) is 16.8 Å². The first kappa shape index (κ1) is 27.7. The van der Waals surface area contributed by atoms with E-state index in [2.05, 4.69) is 191 Å². The smallest absolute Gasteiger partial charge is 0.0636 e. The molecular weight excluding hydrogens is 571 g/mol. The molecule has 3 unspecified atom stereocenters. The average Bonchev–Trinajstić information content (AvgIpc) is 3.62. The molecule has 2 heterocycles. The first-order valence-corrected chi connectivity index (χ1v) is 16.5. The normalized spacial score (nSPS) is 19.6. The molecule has 1 fully saturated rings. The molecule has 3 heteroatoms. The summed E-state index contributed by atoms with van der Waals surface area (Å²) in [6, 6.07) is 55.1. The van der Waals surface area contributed by atoms with Gasteiger partial charge in [-0.1, -0.05) is 133 Å². The van der Waals surface area contributed by atoms with Crippen LogP contribution in [0.2, 0.25) is 0 Å². The molecule has 6 aromatic carbocycles. The van der Waals surface area contributed by atoms with Crippen LogP contribution in [0.1, 0.15) is 11.1 Å². The van der Waals surface area contributed by atoms with Crippen molar-refractivity contribution >= 4 is 33.2 Å². The highest BCUT2D eigenvalue weighted by Gasteiger charge is 2.59. The van der Waals surface area contributed by atoms with E-state index in [1.165, 1.54) is 44.1 Å². The Morgan fingerprint density at radius 3 is 2.09 bits per heavy atom. The Kier molecular flexibility index (Phi) is 6.65. The second kappa shape index (κ2) is 11.3. The SMILES string of the molecule is C1=CC2N(Cc3ccc(Nc4cc5c(cc4-c4ccccc4)c4ccccc4n5-c4ccccc4)cc3)C2(Cc2ccccc2)C=C1. The van der Waals surface area contributed by atoms with Gasteiger partial charge in [0, 0.05) is 39.9 Å². The minimum atomic E-state index is 0.0736. The van der Waals surface area contributed by atoms with Crippen LogP contribution in [0.4, 0.5) is 11.4 Å². The van der Waals surface area contributed by atoms with E-state index in [-0.39, 0.29) is 5.54 Å². The van der Waals surface area contributed by atoms with Crippen LogP contribution in [0.3, 0.4) is 0 Å². The summed E-state index contributed by atoms with van der Waals surface area (Å²) in [5, 5.41) is 6.32. The fourth-order valence-electron chi connectivity index (χ4n) is 7.60. The lowest BCUT2D eigenvalue weighted by Gasteiger charge is -2.16. The van der Waals surface area contributed by atoms with Gasteiger partial charge in [0.05, 0.1) is 22.6 Å². The van der Waals surface area contributed by atoms with Crippen LogP contribution < -0.4 is 5.32 Å². The Hall–Kier alpha value is -5.64. The van der Waals surface area contributed by atoms with Crippen molar-refractivity contribution < 1.29 is 0 Å². The van der Waals surface area contributed by atoms with Crippen LogP contribution in [0.5, 0.6) is 0 Å². The number of rotatable bonds is 8. The van der Waals surface area contributed by atoms with E-state index in [9.17, 15) is 0 Å². The molecule has 3 atom stereocenters. The Balaban J connectivity index is 1.06. The molecular formula is C44H35N3. The molecule has 3 nitrogen and oxygen atoms in total. The highest BCUT2D eigenvalue weighted by Crippen LogP contribution is 2.49. The number of aromatic nitrogens is 1. The summed E-state index contributed by atoms with van der Waals surface area (Å²) in [6.07, 6.45) is 10.2. The predicted octanol–water partition coefficient (Wildman–Crippen LogP) is 10.5. The third kappa shape index (κ3) is 4.88. The van der Waals surface area contributed by atoms with E-state index < -0.39 is 0 Å². The third-order valence-electron chi connectivity index (χ3n) is 9.93. The average molecular weight is 606 g/mol. The van der Waals surface area contributed by atoms with Crippen molar-refractivity contribution in [3.63, 3.8) is 0 Å². The van der Waals surface area contributed by atoms with Crippen LogP contribution in [-0.4, -0.2) is 21.0 Å². The Labute approximate surface area is 275 Å². The number of fused-ring (bicyclic) bond motifs is 4. The number of hydrogen-bond acceptors (Lipinski definition) is 2. The highest BCUT2D eigenvalue weighted by molar-refractivity contribution is 6.12. The molecule has 1 aromatic heterocycles. The van der Waals surface area contributed by atoms with Crippen molar-refractivity contribution in [1.29, 1.82) is 0 Å². The van der Waals surface area contributed by atoms with Gasteiger partial charge in [0.25, 0.3) is 0 Å². The van der Waals surface area contributed by atoms with Crippen LogP contribution in [-0.2, 0) is 13.0 Å². The van der Waals surface area contributed by atoms with Gasteiger partial charge in [0.2, 0.25) is 0 Å². The van der Waals surface area contributed by atoms with Crippen LogP contribution >= 0.6 is 0 Å². The van der Waals surface area contributed by atoms with Gasteiger partial charge in [-0.2, -0.15) is 0 Å². The summed E-state index contributed by atoms with van der Waals surface area (Å²) in [4.78, 5) is 2.62. The van der Waals surface area contributed by atoms with E-state index in [0.29, 0.717) is 6.04 Å². The summed E-state index contributed by atoms with van der Waals surface area (Å²) in [5.74, 6) is 0. The van der Waals surface area contributed by atoms with Gasteiger partial charge in [-0.15, -0.1) is 0 Å². The number of anilines is 2. The molecule has 1 aliphatic carbocycles. The molecule has 226 valence electrons. The molecule has 0 radical (unpaired) electrons. The summed E-state index contributed by atoms with van der Waals surface area (Å²) < 4.78 is 2.38. The molecule has 2 aliphatic rings. The first-order chi connectivity index (χ1) is 23.3. The predicted molar refractivity (Wildman–Crippen MR) is 196 cm³/mol. The molecule has 1 saturated heterocycles. The van der Waals surface area contributed by atoms with E-state index in [4.69, 9.17) is 0 Å². The van der Waals surface area contributed by atoms with Gasteiger partial charge in [-0.3, -0.25) is 4.90 Å². The quantitative estimate of drug-likeness (QED) is 0.174. The van der Waals surface area contributed by atoms with Gasteiger partial charge in [0.1, 0.15) is 0 Å². The second-order valence-corrected chi connectivity index (χ2v) is 12.8.